The molecule has 0 unspecified atom stereocenters. The van der Waals surface area contributed by atoms with Crippen LogP contribution in [0.25, 0.3) is 6.08 Å². The lowest BCUT2D eigenvalue weighted by Gasteiger charge is -2.15. The molecule has 1 fully saturated rings. The van der Waals surface area contributed by atoms with Crippen molar-refractivity contribution in [3.8, 4) is 11.5 Å². The zero-order valence-corrected chi connectivity index (χ0v) is 21.9. The number of imide groups is 1. The number of hydrogen-bond donors (Lipinski definition) is 0. The Balaban J connectivity index is 1.56. The lowest BCUT2D eigenvalue weighted by atomic mass is 10.1. The maximum Gasteiger partial charge on any atom is 0.293 e. The SMILES string of the molecule is COc1cc(/C=C2\SC(=O)N(Cc3c(Cl)cccc3Cl)C2=O)cc(Cl)c1OCc1ccccc1C. The van der Waals surface area contributed by atoms with Gasteiger partial charge in [-0.1, -0.05) is 65.1 Å². The summed E-state index contributed by atoms with van der Waals surface area (Å²) in [5.41, 5.74) is 3.24. The van der Waals surface area contributed by atoms with Gasteiger partial charge in [-0.2, -0.15) is 0 Å². The first-order valence-electron chi connectivity index (χ1n) is 10.5. The zero-order chi connectivity index (χ0) is 25.1. The maximum absolute atomic E-state index is 13.0. The Bertz CT molecular complexity index is 1320. The van der Waals surface area contributed by atoms with Crippen LogP contribution in [-0.2, 0) is 17.9 Å². The number of benzene rings is 3. The summed E-state index contributed by atoms with van der Waals surface area (Å²) in [5.74, 6) is 0.376. The quantitative estimate of drug-likeness (QED) is 0.282. The highest BCUT2D eigenvalue weighted by Crippen LogP contribution is 2.40. The van der Waals surface area contributed by atoms with Gasteiger partial charge in [-0.15, -0.1) is 0 Å². The van der Waals surface area contributed by atoms with Crippen molar-refractivity contribution in [3.05, 3.63) is 96.8 Å². The van der Waals surface area contributed by atoms with Crippen LogP contribution in [0.1, 0.15) is 22.3 Å². The molecule has 9 heteroatoms. The summed E-state index contributed by atoms with van der Waals surface area (Å²) < 4.78 is 11.4. The monoisotopic (exact) mass is 547 g/mol. The molecule has 2 amide bonds. The van der Waals surface area contributed by atoms with Crippen LogP contribution in [0.3, 0.4) is 0 Å². The second-order valence-electron chi connectivity index (χ2n) is 7.72. The fourth-order valence-corrected chi connectivity index (χ4v) is 5.14. The zero-order valence-electron chi connectivity index (χ0n) is 18.8. The molecule has 1 aliphatic heterocycles. The summed E-state index contributed by atoms with van der Waals surface area (Å²) in [7, 11) is 1.51. The molecule has 1 heterocycles. The third-order valence-corrected chi connectivity index (χ3v) is 7.33. The average Bonchev–Trinajstić information content (AvgIpc) is 3.08. The summed E-state index contributed by atoms with van der Waals surface area (Å²) in [6, 6.07) is 16.3. The molecule has 4 rings (SSSR count). The summed E-state index contributed by atoms with van der Waals surface area (Å²) in [4.78, 5) is 26.9. The van der Waals surface area contributed by atoms with E-state index in [1.807, 2.05) is 31.2 Å². The molecule has 0 spiro atoms. The Morgan fingerprint density at radius 2 is 1.69 bits per heavy atom. The Hall–Kier alpha value is -2.64. The van der Waals surface area contributed by atoms with Crippen molar-refractivity contribution in [3.63, 3.8) is 0 Å². The largest absolute Gasteiger partial charge is 0.493 e. The van der Waals surface area contributed by atoms with Crippen LogP contribution in [-0.4, -0.2) is 23.2 Å². The molecule has 1 saturated heterocycles. The Morgan fingerprint density at radius 1 is 0.971 bits per heavy atom. The van der Waals surface area contributed by atoms with E-state index < -0.39 is 11.1 Å². The standard InChI is InChI=1S/C26H20Cl3NO4S/c1-15-6-3-4-7-17(15)14-34-24-21(29)10-16(11-22(24)33-2)12-23-25(31)30(26(32)35-23)13-18-19(27)8-5-9-20(18)28/h3-12H,13-14H2,1-2H3/b23-12-. The molecular weight excluding hydrogens is 529 g/mol. The van der Waals surface area contributed by atoms with Crippen molar-refractivity contribution in [2.75, 3.05) is 7.11 Å². The summed E-state index contributed by atoms with van der Waals surface area (Å²) in [6.07, 6.45) is 1.60. The van der Waals surface area contributed by atoms with Gasteiger partial charge in [-0.05, 0) is 65.7 Å². The number of rotatable bonds is 7. The number of amides is 2. The molecule has 3 aromatic rings. The minimum Gasteiger partial charge on any atom is -0.493 e. The van der Waals surface area contributed by atoms with E-state index in [1.54, 1.807) is 36.4 Å². The first-order chi connectivity index (χ1) is 16.8. The van der Waals surface area contributed by atoms with Gasteiger partial charge in [0.05, 0.1) is 23.6 Å². The number of carbonyl (C=O) groups is 2. The number of nitrogens with zero attached hydrogens (tertiary/aromatic N) is 1. The van der Waals surface area contributed by atoms with Gasteiger partial charge >= 0.3 is 0 Å². The van der Waals surface area contributed by atoms with Crippen LogP contribution in [0, 0.1) is 6.92 Å². The fourth-order valence-electron chi connectivity index (χ4n) is 3.51. The van der Waals surface area contributed by atoms with Crippen molar-refractivity contribution in [1.29, 1.82) is 0 Å². The second kappa shape index (κ2) is 11.0. The first-order valence-corrected chi connectivity index (χ1v) is 12.5. The summed E-state index contributed by atoms with van der Waals surface area (Å²) in [5, 5.41) is 0.691. The highest BCUT2D eigenvalue weighted by molar-refractivity contribution is 8.18. The topological polar surface area (TPSA) is 55.8 Å². The first kappa shape index (κ1) is 25.5. The van der Waals surface area contributed by atoms with Gasteiger partial charge in [0.1, 0.15) is 6.61 Å². The molecule has 5 nitrogen and oxygen atoms in total. The molecule has 180 valence electrons. The maximum atomic E-state index is 13.0. The van der Waals surface area contributed by atoms with E-state index in [9.17, 15) is 9.59 Å². The van der Waals surface area contributed by atoms with E-state index in [0.717, 1.165) is 27.8 Å². The van der Waals surface area contributed by atoms with Gasteiger partial charge in [0.15, 0.2) is 11.5 Å². The number of ether oxygens (including phenoxy) is 2. The van der Waals surface area contributed by atoms with Crippen LogP contribution in [0.5, 0.6) is 11.5 Å². The van der Waals surface area contributed by atoms with Crippen LogP contribution in [0.15, 0.2) is 59.5 Å². The molecular formula is C26H20Cl3NO4S. The summed E-state index contributed by atoms with van der Waals surface area (Å²) in [6.45, 7) is 2.31. The Morgan fingerprint density at radius 3 is 2.37 bits per heavy atom. The van der Waals surface area contributed by atoms with Crippen molar-refractivity contribution >= 4 is 63.8 Å². The molecule has 1 aliphatic rings. The molecule has 0 bridgehead atoms. The van der Waals surface area contributed by atoms with Crippen LogP contribution < -0.4 is 9.47 Å². The van der Waals surface area contributed by atoms with Gasteiger partial charge in [0, 0.05) is 15.6 Å². The molecule has 0 aliphatic carbocycles. The lowest BCUT2D eigenvalue weighted by molar-refractivity contribution is -0.123. The van der Waals surface area contributed by atoms with E-state index >= 15 is 0 Å². The third-order valence-electron chi connectivity index (χ3n) is 5.43. The third kappa shape index (κ3) is 5.62. The van der Waals surface area contributed by atoms with E-state index in [4.69, 9.17) is 44.3 Å². The highest BCUT2D eigenvalue weighted by atomic mass is 35.5. The lowest BCUT2D eigenvalue weighted by Crippen LogP contribution is -2.27. The molecule has 0 atom stereocenters. The molecule has 3 aromatic carbocycles. The van der Waals surface area contributed by atoms with Crippen molar-refractivity contribution in [2.45, 2.75) is 20.1 Å². The van der Waals surface area contributed by atoms with Gasteiger partial charge in [-0.25, -0.2) is 0 Å². The van der Waals surface area contributed by atoms with Crippen molar-refractivity contribution in [2.24, 2.45) is 0 Å². The molecule has 0 N–H and O–H groups in total. The van der Waals surface area contributed by atoms with Crippen LogP contribution in [0.4, 0.5) is 4.79 Å². The van der Waals surface area contributed by atoms with E-state index in [0.29, 0.717) is 44.3 Å². The minimum atomic E-state index is -0.439. The number of aryl methyl sites for hydroxylation is 1. The van der Waals surface area contributed by atoms with Gasteiger partial charge in [-0.3, -0.25) is 14.5 Å². The van der Waals surface area contributed by atoms with Crippen LogP contribution in [0.2, 0.25) is 15.1 Å². The summed E-state index contributed by atoms with van der Waals surface area (Å²) >= 11 is 19.8. The normalized spacial score (nSPS) is 14.7. The highest BCUT2D eigenvalue weighted by Gasteiger charge is 2.35. The van der Waals surface area contributed by atoms with Crippen molar-refractivity contribution < 1.29 is 19.1 Å². The van der Waals surface area contributed by atoms with E-state index in [1.165, 1.54) is 7.11 Å². The predicted molar refractivity (Wildman–Crippen MR) is 141 cm³/mol. The van der Waals surface area contributed by atoms with Gasteiger partial charge in [0.2, 0.25) is 0 Å². The van der Waals surface area contributed by atoms with Gasteiger partial charge < -0.3 is 9.47 Å². The fraction of sp³-hybridized carbons (Fsp3) is 0.154. The minimum absolute atomic E-state index is 0.0176. The number of halogens is 3. The molecule has 35 heavy (non-hydrogen) atoms. The van der Waals surface area contributed by atoms with Crippen molar-refractivity contribution in [1.82, 2.24) is 4.90 Å². The average molecular weight is 549 g/mol. The predicted octanol–water partition coefficient (Wildman–Crippen LogP) is 7.78. The number of methoxy groups -OCH3 is 1. The van der Waals surface area contributed by atoms with Gasteiger partial charge in [0.25, 0.3) is 11.1 Å². The smallest absolute Gasteiger partial charge is 0.293 e. The Kier molecular flexibility index (Phi) is 7.97. The molecule has 0 aromatic heterocycles. The number of hydrogen-bond acceptors (Lipinski definition) is 5. The van der Waals surface area contributed by atoms with Crippen LogP contribution >= 0.6 is 46.6 Å². The number of carbonyl (C=O) groups excluding carboxylic acids is 2. The molecule has 0 saturated carbocycles. The number of thioether (sulfide) groups is 1. The second-order valence-corrected chi connectivity index (χ2v) is 9.93. The van der Waals surface area contributed by atoms with E-state index in [-0.39, 0.29) is 11.4 Å². The molecule has 0 radical (unpaired) electrons. The Labute approximate surface area is 222 Å². The van der Waals surface area contributed by atoms with E-state index in [2.05, 4.69) is 0 Å².